The van der Waals surface area contributed by atoms with E-state index in [0.717, 1.165) is 31.2 Å². The largest absolute Gasteiger partial charge is 0.493 e. The number of nitrogens with zero attached hydrogens (tertiary/aromatic N) is 2. The number of methoxy groups -OCH3 is 1. The standard InChI is InChI=1S/C21H29N3O3S/c1-14(2)27-18-8-7-16(10-19(18)26-4)20(25)23-21-22-17(13-28-21)12-24-9-5-6-15(3)11-24/h7-8,10,13-15H,5-6,9,11-12H2,1-4H3,(H,22,23,25). The number of benzene rings is 1. The summed E-state index contributed by atoms with van der Waals surface area (Å²) in [5, 5.41) is 5.53. The van der Waals surface area contributed by atoms with Crippen LogP contribution in [0.2, 0.25) is 0 Å². The van der Waals surface area contributed by atoms with E-state index in [1.54, 1.807) is 25.3 Å². The van der Waals surface area contributed by atoms with Crippen LogP contribution in [0.25, 0.3) is 0 Å². The topological polar surface area (TPSA) is 63.7 Å². The molecule has 0 bridgehead atoms. The van der Waals surface area contributed by atoms with Gasteiger partial charge in [0.2, 0.25) is 0 Å². The number of piperidine rings is 1. The third-order valence-electron chi connectivity index (χ3n) is 4.69. The lowest BCUT2D eigenvalue weighted by atomic mass is 10.0. The lowest BCUT2D eigenvalue weighted by Crippen LogP contribution is -2.33. The van der Waals surface area contributed by atoms with E-state index in [0.29, 0.717) is 22.2 Å². The van der Waals surface area contributed by atoms with E-state index in [1.807, 2.05) is 19.2 Å². The fourth-order valence-electron chi connectivity index (χ4n) is 3.43. The van der Waals surface area contributed by atoms with Crippen LogP contribution in [-0.4, -0.2) is 42.1 Å². The van der Waals surface area contributed by atoms with Gasteiger partial charge in [0.05, 0.1) is 18.9 Å². The minimum atomic E-state index is -0.207. The Morgan fingerprint density at radius 1 is 1.39 bits per heavy atom. The van der Waals surface area contributed by atoms with Crippen LogP contribution in [0.4, 0.5) is 5.13 Å². The maximum absolute atomic E-state index is 12.6. The third-order valence-corrected chi connectivity index (χ3v) is 5.49. The molecule has 1 N–H and O–H groups in total. The van der Waals surface area contributed by atoms with Crippen LogP contribution in [-0.2, 0) is 6.54 Å². The minimum absolute atomic E-state index is 0.0326. The number of hydrogen-bond acceptors (Lipinski definition) is 6. The number of hydrogen-bond donors (Lipinski definition) is 1. The highest BCUT2D eigenvalue weighted by Gasteiger charge is 2.18. The second-order valence-electron chi connectivity index (χ2n) is 7.61. The van der Waals surface area contributed by atoms with Gasteiger partial charge in [-0.25, -0.2) is 4.98 Å². The molecule has 1 aromatic carbocycles. The average Bonchev–Trinajstić information content (AvgIpc) is 3.08. The van der Waals surface area contributed by atoms with Crippen molar-refractivity contribution in [2.45, 2.75) is 46.3 Å². The van der Waals surface area contributed by atoms with Gasteiger partial charge in [-0.15, -0.1) is 11.3 Å². The second kappa shape index (κ2) is 9.39. The summed E-state index contributed by atoms with van der Waals surface area (Å²) >= 11 is 1.46. The summed E-state index contributed by atoms with van der Waals surface area (Å²) in [5.74, 6) is 1.70. The predicted molar refractivity (Wildman–Crippen MR) is 113 cm³/mol. The quantitative estimate of drug-likeness (QED) is 0.741. The minimum Gasteiger partial charge on any atom is -0.493 e. The molecule has 1 amide bonds. The molecule has 3 rings (SSSR count). The number of anilines is 1. The molecule has 6 nitrogen and oxygen atoms in total. The van der Waals surface area contributed by atoms with Gasteiger partial charge in [-0.3, -0.25) is 15.0 Å². The number of aromatic nitrogens is 1. The molecule has 0 radical (unpaired) electrons. The normalized spacial score (nSPS) is 17.5. The van der Waals surface area contributed by atoms with E-state index in [-0.39, 0.29) is 12.0 Å². The molecule has 1 aliphatic rings. The van der Waals surface area contributed by atoms with Gasteiger partial charge in [0.25, 0.3) is 5.91 Å². The number of likely N-dealkylation sites (tertiary alicyclic amines) is 1. The van der Waals surface area contributed by atoms with E-state index >= 15 is 0 Å². The van der Waals surface area contributed by atoms with Crippen molar-refractivity contribution in [3.8, 4) is 11.5 Å². The summed E-state index contributed by atoms with van der Waals surface area (Å²) in [6.07, 6.45) is 2.58. The Hall–Kier alpha value is -2.12. The first-order valence-corrected chi connectivity index (χ1v) is 10.7. The number of amides is 1. The van der Waals surface area contributed by atoms with Crippen molar-refractivity contribution in [1.29, 1.82) is 0 Å². The maximum Gasteiger partial charge on any atom is 0.257 e. The fourth-order valence-corrected chi connectivity index (χ4v) is 4.12. The summed E-state index contributed by atoms with van der Waals surface area (Å²) in [4.78, 5) is 19.6. The van der Waals surface area contributed by atoms with E-state index in [2.05, 4.69) is 22.1 Å². The Labute approximate surface area is 170 Å². The van der Waals surface area contributed by atoms with Crippen LogP contribution in [0.1, 0.15) is 49.7 Å². The number of thiazole rings is 1. The molecule has 1 atom stereocenters. The van der Waals surface area contributed by atoms with Gasteiger partial charge in [-0.05, 0) is 57.4 Å². The molecule has 28 heavy (non-hydrogen) atoms. The van der Waals surface area contributed by atoms with Crippen molar-refractivity contribution in [3.05, 3.63) is 34.8 Å². The molecule has 1 aliphatic heterocycles. The molecule has 0 aliphatic carbocycles. The first kappa shape index (κ1) is 20.6. The highest BCUT2D eigenvalue weighted by atomic mass is 32.1. The summed E-state index contributed by atoms with van der Waals surface area (Å²) in [5.41, 5.74) is 1.52. The van der Waals surface area contributed by atoms with Crippen LogP contribution in [0, 0.1) is 5.92 Å². The molecule has 0 spiro atoms. The van der Waals surface area contributed by atoms with Crippen molar-refractivity contribution in [1.82, 2.24) is 9.88 Å². The monoisotopic (exact) mass is 403 g/mol. The highest BCUT2D eigenvalue weighted by Crippen LogP contribution is 2.29. The van der Waals surface area contributed by atoms with Gasteiger partial charge < -0.3 is 9.47 Å². The van der Waals surface area contributed by atoms with Crippen molar-refractivity contribution in [2.24, 2.45) is 5.92 Å². The van der Waals surface area contributed by atoms with Gasteiger partial charge >= 0.3 is 0 Å². The first-order chi connectivity index (χ1) is 13.4. The van der Waals surface area contributed by atoms with Gasteiger partial charge in [0.15, 0.2) is 16.6 Å². The highest BCUT2D eigenvalue weighted by molar-refractivity contribution is 7.13. The van der Waals surface area contributed by atoms with Crippen LogP contribution < -0.4 is 14.8 Å². The third kappa shape index (κ3) is 5.45. The number of ether oxygens (including phenoxy) is 2. The zero-order valence-electron chi connectivity index (χ0n) is 17.0. The molecule has 1 aromatic heterocycles. The number of nitrogens with one attached hydrogen (secondary N) is 1. The molecule has 1 fully saturated rings. The van der Waals surface area contributed by atoms with E-state index < -0.39 is 0 Å². The Kier molecular flexibility index (Phi) is 6.91. The van der Waals surface area contributed by atoms with Gasteiger partial charge in [0, 0.05) is 24.0 Å². The summed E-state index contributed by atoms with van der Waals surface area (Å²) in [6, 6.07) is 5.19. The Morgan fingerprint density at radius 3 is 2.93 bits per heavy atom. The van der Waals surface area contributed by atoms with Crippen LogP contribution in [0.15, 0.2) is 23.6 Å². The maximum atomic E-state index is 12.6. The number of carbonyl (C=O) groups excluding carboxylic acids is 1. The SMILES string of the molecule is COc1cc(C(=O)Nc2nc(CN3CCCC(C)C3)cs2)ccc1OC(C)C. The number of carbonyl (C=O) groups is 1. The van der Waals surface area contributed by atoms with E-state index in [1.165, 1.54) is 24.2 Å². The van der Waals surface area contributed by atoms with Crippen LogP contribution in [0.5, 0.6) is 11.5 Å². The average molecular weight is 404 g/mol. The summed E-state index contributed by atoms with van der Waals surface area (Å²) in [7, 11) is 1.57. The molecule has 2 heterocycles. The smallest absolute Gasteiger partial charge is 0.257 e. The fraction of sp³-hybridized carbons (Fsp3) is 0.524. The van der Waals surface area contributed by atoms with Crippen LogP contribution >= 0.6 is 11.3 Å². The second-order valence-corrected chi connectivity index (χ2v) is 8.47. The van der Waals surface area contributed by atoms with Crippen molar-refractivity contribution >= 4 is 22.4 Å². The Balaban J connectivity index is 1.62. The zero-order chi connectivity index (χ0) is 20.1. The van der Waals surface area contributed by atoms with Gasteiger partial charge in [-0.2, -0.15) is 0 Å². The number of rotatable bonds is 7. The summed E-state index contributed by atoms with van der Waals surface area (Å²) < 4.78 is 11.1. The molecule has 2 aromatic rings. The van der Waals surface area contributed by atoms with Gasteiger partial charge in [0.1, 0.15) is 0 Å². The lowest BCUT2D eigenvalue weighted by Gasteiger charge is -2.30. The molecule has 152 valence electrons. The van der Waals surface area contributed by atoms with Crippen LogP contribution in [0.3, 0.4) is 0 Å². The lowest BCUT2D eigenvalue weighted by molar-refractivity contribution is 0.102. The zero-order valence-corrected chi connectivity index (χ0v) is 17.8. The first-order valence-electron chi connectivity index (χ1n) is 9.77. The molecule has 0 saturated carbocycles. The van der Waals surface area contributed by atoms with E-state index in [9.17, 15) is 4.79 Å². The van der Waals surface area contributed by atoms with Gasteiger partial charge in [-0.1, -0.05) is 6.92 Å². The van der Waals surface area contributed by atoms with Crippen molar-refractivity contribution in [3.63, 3.8) is 0 Å². The Bertz CT molecular complexity index is 806. The van der Waals surface area contributed by atoms with Crippen molar-refractivity contribution < 1.29 is 14.3 Å². The molecular formula is C21H29N3O3S. The van der Waals surface area contributed by atoms with E-state index in [4.69, 9.17) is 9.47 Å². The molecule has 7 heteroatoms. The molecule has 1 saturated heterocycles. The molecule has 1 unspecified atom stereocenters. The Morgan fingerprint density at radius 2 is 2.21 bits per heavy atom. The summed E-state index contributed by atoms with van der Waals surface area (Å²) in [6.45, 7) is 9.27. The molecular weight excluding hydrogens is 374 g/mol. The van der Waals surface area contributed by atoms with Crippen molar-refractivity contribution in [2.75, 3.05) is 25.5 Å². The predicted octanol–water partition coefficient (Wildman–Crippen LogP) is 4.42.